The molecule has 0 bridgehead atoms. The molecule has 0 fully saturated rings. The van der Waals surface area contributed by atoms with Crippen LogP contribution in [0.15, 0.2) is 36.7 Å². The third-order valence-corrected chi connectivity index (χ3v) is 2.82. The minimum absolute atomic E-state index is 0.0879. The second kappa shape index (κ2) is 4.57. The number of rotatable bonds is 3. The highest BCUT2D eigenvalue weighted by Crippen LogP contribution is 2.09. The Hall–Kier alpha value is -1.17. The highest BCUT2D eigenvalue weighted by atomic mass is 127. The molecule has 0 aliphatic carbocycles. The second-order valence-corrected chi connectivity index (χ2v) is 4.46. The molecule has 0 atom stereocenters. The number of carbonyl (C=O) groups is 1. The average Bonchev–Trinajstić information content (AvgIpc) is 2.74. The van der Waals surface area contributed by atoms with Crippen molar-refractivity contribution < 1.29 is 4.79 Å². The van der Waals surface area contributed by atoms with Crippen molar-refractivity contribution in [2.75, 3.05) is 0 Å². The Kier molecular flexibility index (Phi) is 3.15. The maximum absolute atomic E-state index is 11.7. The van der Waals surface area contributed by atoms with Gasteiger partial charge in [0, 0.05) is 16.2 Å². The molecule has 3 nitrogen and oxygen atoms in total. The fourth-order valence-corrected chi connectivity index (χ4v) is 1.65. The van der Waals surface area contributed by atoms with Crippen LogP contribution >= 0.6 is 22.6 Å². The molecule has 15 heavy (non-hydrogen) atoms. The molecule has 0 aliphatic rings. The summed E-state index contributed by atoms with van der Waals surface area (Å²) in [4.78, 5) is 11.7. The monoisotopic (exact) mass is 312 g/mol. The molecular weight excluding hydrogens is 303 g/mol. The summed E-state index contributed by atoms with van der Waals surface area (Å²) in [5.74, 6) is 0.0879. The van der Waals surface area contributed by atoms with Crippen molar-refractivity contribution in [3.63, 3.8) is 0 Å². The maximum atomic E-state index is 11.7. The Morgan fingerprint density at radius 2 is 2.07 bits per heavy atom. The Bertz CT molecular complexity index is 448. The fraction of sp³-hybridized carbons (Fsp3) is 0.0909. The standard InChI is InChI=1S/C11H9IN2O/c12-10-3-1-8(2-4-10)5-11(15)9-6-13-14-7-9/h1-4,6-7H,5H2,(H,13,14). The molecular formula is C11H9IN2O. The molecule has 0 unspecified atom stereocenters. The first-order valence-corrected chi connectivity index (χ1v) is 5.60. The summed E-state index contributed by atoms with van der Waals surface area (Å²) < 4.78 is 1.17. The smallest absolute Gasteiger partial charge is 0.170 e. The van der Waals surface area contributed by atoms with Crippen LogP contribution in [0.1, 0.15) is 15.9 Å². The quantitative estimate of drug-likeness (QED) is 0.699. The van der Waals surface area contributed by atoms with Crippen LogP contribution in [0.4, 0.5) is 0 Å². The Morgan fingerprint density at radius 3 is 2.67 bits per heavy atom. The number of hydrogen-bond donors (Lipinski definition) is 1. The molecule has 2 aromatic rings. The van der Waals surface area contributed by atoms with Crippen molar-refractivity contribution in [3.8, 4) is 0 Å². The molecule has 0 aliphatic heterocycles. The van der Waals surface area contributed by atoms with Crippen molar-refractivity contribution in [1.29, 1.82) is 0 Å². The number of halogens is 1. The molecule has 0 radical (unpaired) electrons. The van der Waals surface area contributed by atoms with E-state index in [1.807, 2.05) is 24.3 Å². The number of Topliss-reactive ketones (excluding diaryl/α,β-unsaturated/α-hetero) is 1. The highest BCUT2D eigenvalue weighted by Gasteiger charge is 2.07. The molecule has 2 rings (SSSR count). The summed E-state index contributed by atoms with van der Waals surface area (Å²) >= 11 is 2.24. The van der Waals surface area contributed by atoms with Gasteiger partial charge in [-0.25, -0.2) is 0 Å². The molecule has 4 heteroatoms. The largest absolute Gasteiger partial charge is 0.294 e. The van der Waals surface area contributed by atoms with Gasteiger partial charge in [-0.3, -0.25) is 9.89 Å². The van der Waals surface area contributed by atoms with Crippen LogP contribution in [-0.4, -0.2) is 16.0 Å². The Morgan fingerprint density at radius 1 is 1.33 bits per heavy atom. The van der Waals surface area contributed by atoms with E-state index in [2.05, 4.69) is 32.8 Å². The lowest BCUT2D eigenvalue weighted by molar-refractivity contribution is 0.0993. The first kappa shape index (κ1) is 10.4. The lowest BCUT2D eigenvalue weighted by Crippen LogP contribution is -2.01. The molecule has 0 saturated carbocycles. The number of aromatic amines is 1. The van der Waals surface area contributed by atoms with Gasteiger partial charge in [0.05, 0.1) is 11.8 Å². The molecule has 1 aromatic carbocycles. The minimum atomic E-state index is 0.0879. The Balaban J connectivity index is 2.09. The fourth-order valence-electron chi connectivity index (χ4n) is 1.29. The van der Waals surface area contributed by atoms with Crippen LogP contribution in [0.5, 0.6) is 0 Å². The van der Waals surface area contributed by atoms with E-state index >= 15 is 0 Å². The summed E-state index contributed by atoms with van der Waals surface area (Å²) in [6.07, 6.45) is 3.60. The van der Waals surface area contributed by atoms with Crippen molar-refractivity contribution >= 4 is 28.4 Å². The number of ketones is 1. The van der Waals surface area contributed by atoms with Crippen LogP contribution in [0, 0.1) is 3.57 Å². The predicted molar refractivity (Wildman–Crippen MR) is 65.8 cm³/mol. The molecule has 0 amide bonds. The van der Waals surface area contributed by atoms with E-state index in [1.165, 1.54) is 3.57 Å². The van der Waals surface area contributed by atoms with E-state index < -0.39 is 0 Å². The summed E-state index contributed by atoms with van der Waals surface area (Å²) in [5, 5.41) is 6.39. The van der Waals surface area contributed by atoms with Gasteiger partial charge in [0.15, 0.2) is 5.78 Å². The van der Waals surface area contributed by atoms with Gasteiger partial charge in [-0.15, -0.1) is 0 Å². The number of carbonyl (C=O) groups excluding carboxylic acids is 1. The minimum Gasteiger partial charge on any atom is -0.294 e. The van der Waals surface area contributed by atoms with Crippen LogP contribution in [-0.2, 0) is 6.42 Å². The maximum Gasteiger partial charge on any atom is 0.170 e. The van der Waals surface area contributed by atoms with Crippen molar-refractivity contribution in [2.45, 2.75) is 6.42 Å². The lowest BCUT2D eigenvalue weighted by Gasteiger charge is -1.98. The zero-order chi connectivity index (χ0) is 10.7. The van der Waals surface area contributed by atoms with E-state index in [1.54, 1.807) is 12.4 Å². The average molecular weight is 312 g/mol. The van der Waals surface area contributed by atoms with Gasteiger partial charge in [-0.2, -0.15) is 5.10 Å². The normalized spacial score (nSPS) is 10.2. The van der Waals surface area contributed by atoms with Crippen LogP contribution in [0.3, 0.4) is 0 Å². The number of nitrogens with one attached hydrogen (secondary N) is 1. The van der Waals surface area contributed by atoms with Gasteiger partial charge < -0.3 is 0 Å². The first-order valence-electron chi connectivity index (χ1n) is 4.52. The van der Waals surface area contributed by atoms with Gasteiger partial charge in [0.2, 0.25) is 0 Å². The van der Waals surface area contributed by atoms with E-state index in [0.29, 0.717) is 12.0 Å². The zero-order valence-electron chi connectivity index (χ0n) is 7.90. The molecule has 0 saturated heterocycles. The molecule has 1 aromatic heterocycles. The number of nitrogens with zero attached hydrogens (tertiary/aromatic N) is 1. The summed E-state index contributed by atoms with van der Waals surface area (Å²) in [7, 11) is 0. The second-order valence-electron chi connectivity index (χ2n) is 3.21. The highest BCUT2D eigenvalue weighted by molar-refractivity contribution is 14.1. The van der Waals surface area contributed by atoms with Crippen molar-refractivity contribution in [1.82, 2.24) is 10.2 Å². The van der Waals surface area contributed by atoms with Gasteiger partial charge in [-0.05, 0) is 40.3 Å². The Labute approximate surface area is 101 Å². The van der Waals surface area contributed by atoms with Crippen molar-refractivity contribution in [3.05, 3.63) is 51.4 Å². The third kappa shape index (κ3) is 2.65. The van der Waals surface area contributed by atoms with Crippen LogP contribution in [0.2, 0.25) is 0 Å². The summed E-state index contributed by atoms with van der Waals surface area (Å²) in [5.41, 5.74) is 1.66. The third-order valence-electron chi connectivity index (χ3n) is 2.10. The SMILES string of the molecule is O=C(Cc1ccc(I)cc1)c1cn[nH]c1. The van der Waals surface area contributed by atoms with Crippen LogP contribution in [0.25, 0.3) is 0 Å². The number of H-pyrrole nitrogens is 1. The van der Waals surface area contributed by atoms with E-state index in [-0.39, 0.29) is 5.78 Å². The van der Waals surface area contributed by atoms with E-state index in [4.69, 9.17) is 0 Å². The molecule has 0 spiro atoms. The zero-order valence-corrected chi connectivity index (χ0v) is 10.1. The van der Waals surface area contributed by atoms with Crippen molar-refractivity contribution in [2.24, 2.45) is 0 Å². The van der Waals surface area contributed by atoms with E-state index in [0.717, 1.165) is 5.56 Å². The number of benzene rings is 1. The summed E-state index contributed by atoms with van der Waals surface area (Å²) in [6.45, 7) is 0. The molecule has 76 valence electrons. The number of aromatic nitrogens is 2. The van der Waals surface area contributed by atoms with E-state index in [9.17, 15) is 4.79 Å². The summed E-state index contributed by atoms with van der Waals surface area (Å²) in [6, 6.07) is 7.94. The lowest BCUT2D eigenvalue weighted by atomic mass is 10.1. The number of hydrogen-bond acceptors (Lipinski definition) is 2. The van der Waals surface area contributed by atoms with Gasteiger partial charge >= 0.3 is 0 Å². The topological polar surface area (TPSA) is 45.8 Å². The van der Waals surface area contributed by atoms with Gasteiger partial charge in [-0.1, -0.05) is 12.1 Å². The molecule has 1 N–H and O–H groups in total. The van der Waals surface area contributed by atoms with Gasteiger partial charge in [0.25, 0.3) is 0 Å². The molecule has 1 heterocycles. The van der Waals surface area contributed by atoms with Crippen LogP contribution < -0.4 is 0 Å². The predicted octanol–water partition coefficient (Wildman–Crippen LogP) is 2.44. The first-order chi connectivity index (χ1) is 7.25. The van der Waals surface area contributed by atoms with Gasteiger partial charge in [0.1, 0.15) is 0 Å².